The van der Waals surface area contributed by atoms with Crippen molar-refractivity contribution >= 4 is 5.69 Å². The van der Waals surface area contributed by atoms with Crippen molar-refractivity contribution in [3.63, 3.8) is 0 Å². The number of nitrogens with zero attached hydrogens (tertiary/aromatic N) is 3. The maximum Gasteiger partial charge on any atom is 0.328 e. The van der Waals surface area contributed by atoms with Crippen LogP contribution in [0.25, 0.3) is 0 Å². The first-order valence-corrected chi connectivity index (χ1v) is 6.39. The highest BCUT2D eigenvalue weighted by atomic mass is 16.1. The number of hydrogen-bond acceptors (Lipinski definition) is 3. The monoisotopic (exact) mass is 260 g/mol. The van der Waals surface area contributed by atoms with Gasteiger partial charge in [0, 0.05) is 30.3 Å². The zero-order valence-corrected chi connectivity index (χ0v) is 11.8. The number of hydrogen-bond donors (Lipinski definition) is 1. The Bertz CT molecular complexity index is 652. The first-order valence-electron chi connectivity index (χ1n) is 6.39. The summed E-state index contributed by atoms with van der Waals surface area (Å²) in [5.74, 6) is 0. The van der Waals surface area contributed by atoms with Crippen molar-refractivity contribution in [2.75, 3.05) is 5.73 Å². The molecule has 0 saturated carbocycles. The van der Waals surface area contributed by atoms with E-state index in [1.54, 1.807) is 27.7 Å². The third-order valence-electron chi connectivity index (χ3n) is 3.43. The molecule has 102 valence electrons. The molecule has 2 aromatic rings. The van der Waals surface area contributed by atoms with Crippen molar-refractivity contribution in [3.8, 4) is 0 Å². The SMILES string of the molecule is Cc1cnc(Cn2ccn(C(C)C)c2=O)c(C)c1N. The van der Waals surface area contributed by atoms with E-state index < -0.39 is 0 Å². The van der Waals surface area contributed by atoms with Crippen LogP contribution in [-0.4, -0.2) is 14.1 Å². The molecule has 2 heterocycles. The molecule has 0 bridgehead atoms. The summed E-state index contributed by atoms with van der Waals surface area (Å²) < 4.78 is 3.36. The normalized spacial score (nSPS) is 11.2. The zero-order valence-electron chi connectivity index (χ0n) is 11.8. The van der Waals surface area contributed by atoms with Crippen LogP contribution in [-0.2, 0) is 6.54 Å². The molecule has 0 aliphatic heterocycles. The summed E-state index contributed by atoms with van der Waals surface area (Å²) in [7, 11) is 0. The van der Waals surface area contributed by atoms with Crippen LogP contribution in [0.4, 0.5) is 5.69 Å². The summed E-state index contributed by atoms with van der Waals surface area (Å²) >= 11 is 0. The lowest BCUT2D eigenvalue weighted by molar-refractivity contribution is 0.559. The maximum atomic E-state index is 12.1. The van der Waals surface area contributed by atoms with Crippen LogP contribution in [0.3, 0.4) is 0 Å². The summed E-state index contributed by atoms with van der Waals surface area (Å²) in [6.07, 6.45) is 5.35. The fourth-order valence-corrected chi connectivity index (χ4v) is 2.05. The highest BCUT2D eigenvalue weighted by Gasteiger charge is 2.10. The molecule has 2 aromatic heterocycles. The zero-order chi connectivity index (χ0) is 14.2. The Morgan fingerprint density at radius 1 is 1.32 bits per heavy atom. The molecule has 0 saturated heterocycles. The summed E-state index contributed by atoms with van der Waals surface area (Å²) in [6, 6.07) is 0.158. The summed E-state index contributed by atoms with van der Waals surface area (Å²) in [5.41, 5.74) is 9.48. The van der Waals surface area contributed by atoms with Crippen LogP contribution in [0, 0.1) is 13.8 Å². The molecule has 0 aromatic carbocycles. The molecule has 0 fully saturated rings. The molecular weight excluding hydrogens is 240 g/mol. The number of aryl methyl sites for hydroxylation is 1. The molecule has 0 aliphatic carbocycles. The highest BCUT2D eigenvalue weighted by Crippen LogP contribution is 2.18. The standard InChI is InChI=1S/C14H20N4O/c1-9(2)18-6-5-17(14(18)19)8-12-11(4)13(15)10(3)7-16-12/h5-7,9H,8H2,1-4H3,(H2,15,16). The van der Waals surface area contributed by atoms with Crippen LogP contribution in [0.15, 0.2) is 23.4 Å². The number of imidazole rings is 1. The van der Waals surface area contributed by atoms with Gasteiger partial charge in [0.1, 0.15) is 0 Å². The molecule has 0 amide bonds. The van der Waals surface area contributed by atoms with E-state index in [-0.39, 0.29) is 11.7 Å². The van der Waals surface area contributed by atoms with Crippen molar-refractivity contribution in [1.82, 2.24) is 14.1 Å². The van der Waals surface area contributed by atoms with E-state index in [1.807, 2.05) is 27.7 Å². The number of rotatable bonds is 3. The Morgan fingerprint density at radius 3 is 2.58 bits per heavy atom. The minimum atomic E-state index is -0.0182. The first kappa shape index (κ1) is 13.4. The van der Waals surface area contributed by atoms with Gasteiger partial charge in [-0.05, 0) is 38.8 Å². The van der Waals surface area contributed by atoms with E-state index >= 15 is 0 Å². The van der Waals surface area contributed by atoms with E-state index in [0.717, 1.165) is 22.5 Å². The van der Waals surface area contributed by atoms with Gasteiger partial charge in [-0.15, -0.1) is 0 Å². The van der Waals surface area contributed by atoms with Crippen molar-refractivity contribution in [2.45, 2.75) is 40.3 Å². The molecule has 2 N–H and O–H groups in total. The lowest BCUT2D eigenvalue weighted by Crippen LogP contribution is -2.26. The van der Waals surface area contributed by atoms with Crippen LogP contribution < -0.4 is 11.4 Å². The number of nitrogen functional groups attached to an aromatic ring is 1. The second-order valence-electron chi connectivity index (χ2n) is 5.14. The Morgan fingerprint density at radius 2 is 2.00 bits per heavy atom. The summed E-state index contributed by atoms with van der Waals surface area (Å²) in [6.45, 7) is 8.29. The molecule has 0 spiro atoms. The van der Waals surface area contributed by atoms with Crippen LogP contribution in [0.5, 0.6) is 0 Å². The van der Waals surface area contributed by atoms with Gasteiger partial charge < -0.3 is 5.73 Å². The Labute approximate surface area is 112 Å². The molecule has 5 heteroatoms. The molecular formula is C14H20N4O. The molecule has 2 rings (SSSR count). The quantitative estimate of drug-likeness (QED) is 0.916. The van der Waals surface area contributed by atoms with Crippen molar-refractivity contribution in [3.05, 3.63) is 45.9 Å². The Balaban J connectivity index is 2.37. The average molecular weight is 260 g/mol. The Kier molecular flexibility index (Phi) is 3.46. The smallest absolute Gasteiger partial charge is 0.328 e. The van der Waals surface area contributed by atoms with Gasteiger partial charge in [-0.25, -0.2) is 4.79 Å². The van der Waals surface area contributed by atoms with Gasteiger partial charge in [0.2, 0.25) is 0 Å². The van der Waals surface area contributed by atoms with Gasteiger partial charge >= 0.3 is 5.69 Å². The van der Waals surface area contributed by atoms with Gasteiger partial charge in [-0.1, -0.05) is 0 Å². The minimum absolute atomic E-state index is 0.0182. The molecule has 0 aliphatic rings. The van der Waals surface area contributed by atoms with Crippen LogP contribution in [0.1, 0.15) is 36.7 Å². The first-order chi connectivity index (χ1) is 8.91. The second-order valence-corrected chi connectivity index (χ2v) is 5.14. The topological polar surface area (TPSA) is 65.8 Å². The lowest BCUT2D eigenvalue weighted by Gasteiger charge is -2.10. The van der Waals surface area contributed by atoms with Gasteiger partial charge in [0.05, 0.1) is 12.2 Å². The van der Waals surface area contributed by atoms with Gasteiger partial charge in [-0.2, -0.15) is 0 Å². The van der Waals surface area contributed by atoms with Crippen LogP contribution in [0.2, 0.25) is 0 Å². The molecule has 5 nitrogen and oxygen atoms in total. The molecule has 0 unspecified atom stereocenters. The minimum Gasteiger partial charge on any atom is -0.398 e. The summed E-state index contributed by atoms with van der Waals surface area (Å²) in [4.78, 5) is 16.5. The maximum absolute atomic E-state index is 12.1. The highest BCUT2D eigenvalue weighted by molar-refractivity contribution is 5.53. The predicted molar refractivity (Wildman–Crippen MR) is 76.3 cm³/mol. The van der Waals surface area contributed by atoms with Gasteiger partial charge in [-0.3, -0.25) is 14.1 Å². The van der Waals surface area contributed by atoms with Gasteiger partial charge in [0.25, 0.3) is 0 Å². The Hall–Kier alpha value is -2.04. The number of pyridine rings is 1. The van der Waals surface area contributed by atoms with Crippen molar-refractivity contribution in [2.24, 2.45) is 0 Å². The van der Waals surface area contributed by atoms with E-state index in [2.05, 4.69) is 4.98 Å². The fraction of sp³-hybridized carbons (Fsp3) is 0.429. The van der Waals surface area contributed by atoms with E-state index in [0.29, 0.717) is 6.54 Å². The number of aromatic nitrogens is 3. The second kappa shape index (κ2) is 4.91. The van der Waals surface area contributed by atoms with Crippen molar-refractivity contribution in [1.29, 1.82) is 0 Å². The number of anilines is 1. The fourth-order valence-electron chi connectivity index (χ4n) is 2.05. The lowest BCUT2D eigenvalue weighted by atomic mass is 10.1. The third-order valence-corrected chi connectivity index (χ3v) is 3.43. The van der Waals surface area contributed by atoms with E-state index in [9.17, 15) is 4.79 Å². The predicted octanol–water partition coefficient (Wildman–Crippen LogP) is 1.87. The molecule has 0 radical (unpaired) electrons. The number of nitrogens with two attached hydrogens (primary N) is 1. The van der Waals surface area contributed by atoms with Gasteiger partial charge in [0.15, 0.2) is 0 Å². The van der Waals surface area contributed by atoms with Crippen molar-refractivity contribution < 1.29 is 0 Å². The third kappa shape index (κ3) is 2.41. The molecule has 0 atom stereocenters. The van der Waals surface area contributed by atoms with E-state index in [4.69, 9.17) is 5.73 Å². The largest absolute Gasteiger partial charge is 0.398 e. The molecule has 19 heavy (non-hydrogen) atoms. The van der Waals surface area contributed by atoms with Crippen LogP contribution >= 0.6 is 0 Å². The average Bonchev–Trinajstić information content (AvgIpc) is 2.72. The van der Waals surface area contributed by atoms with E-state index in [1.165, 1.54) is 0 Å². The summed E-state index contributed by atoms with van der Waals surface area (Å²) in [5, 5.41) is 0.